The maximum absolute atomic E-state index is 12.7. The molecule has 3 aromatic rings. The van der Waals surface area contributed by atoms with Crippen LogP contribution in [0.25, 0.3) is 10.8 Å². The number of carbonyl (C=O) groups is 2. The van der Waals surface area contributed by atoms with E-state index in [1.54, 1.807) is 30.3 Å². The van der Waals surface area contributed by atoms with Gasteiger partial charge in [-0.25, -0.2) is 9.89 Å². The van der Waals surface area contributed by atoms with Gasteiger partial charge >= 0.3 is 5.97 Å². The van der Waals surface area contributed by atoms with Crippen LogP contribution in [0.5, 0.6) is 0 Å². The molecular weight excluding hydrogens is 368 g/mol. The highest BCUT2D eigenvalue weighted by molar-refractivity contribution is 6.04. The number of nitrogens with one attached hydrogen (secondary N) is 1. The molecule has 0 saturated carbocycles. The van der Waals surface area contributed by atoms with Gasteiger partial charge < -0.3 is 4.74 Å². The largest absolute Gasteiger partial charge is 0.452 e. The summed E-state index contributed by atoms with van der Waals surface area (Å²) in [5, 5.41) is 6.83. The maximum Gasteiger partial charge on any atom is 0.359 e. The third-order valence-electron chi connectivity index (χ3n) is 4.89. The number of nitrogens with zero attached hydrogens (tertiary/aromatic N) is 1. The Morgan fingerprint density at radius 3 is 2.34 bits per heavy atom. The van der Waals surface area contributed by atoms with Crippen LogP contribution in [0.15, 0.2) is 47.3 Å². The van der Waals surface area contributed by atoms with Crippen LogP contribution in [0, 0.1) is 0 Å². The molecule has 0 aliphatic carbocycles. The van der Waals surface area contributed by atoms with Crippen molar-refractivity contribution in [2.45, 2.75) is 39.5 Å². The van der Waals surface area contributed by atoms with Crippen molar-refractivity contribution in [1.29, 1.82) is 0 Å². The summed E-state index contributed by atoms with van der Waals surface area (Å²) in [7, 11) is 0. The van der Waals surface area contributed by atoms with Crippen LogP contribution in [-0.4, -0.2) is 28.6 Å². The molecule has 0 aliphatic rings. The Hall–Kier alpha value is -3.28. The molecule has 1 heterocycles. The van der Waals surface area contributed by atoms with E-state index >= 15 is 0 Å². The molecule has 0 radical (unpaired) electrons. The van der Waals surface area contributed by atoms with E-state index in [1.165, 1.54) is 0 Å². The molecule has 2 aromatic carbocycles. The number of carbonyl (C=O) groups excluding carboxylic acids is 2. The highest BCUT2D eigenvalue weighted by Gasteiger charge is 2.20. The maximum atomic E-state index is 12.7. The summed E-state index contributed by atoms with van der Waals surface area (Å²) in [5.41, 5.74) is 2.24. The topological polar surface area (TPSA) is 89.1 Å². The molecule has 29 heavy (non-hydrogen) atoms. The van der Waals surface area contributed by atoms with Gasteiger partial charge in [0.05, 0.1) is 5.39 Å². The lowest BCUT2D eigenvalue weighted by molar-refractivity contribution is 0.0469. The predicted molar refractivity (Wildman–Crippen MR) is 112 cm³/mol. The molecule has 1 aromatic heterocycles. The summed E-state index contributed by atoms with van der Waals surface area (Å²) < 4.78 is 5.23. The Bertz CT molecular complexity index is 1130. The van der Waals surface area contributed by atoms with Crippen LogP contribution in [0.2, 0.25) is 0 Å². The number of benzene rings is 2. The number of esters is 1. The molecule has 0 amide bonds. The molecule has 6 heteroatoms. The van der Waals surface area contributed by atoms with E-state index in [-0.39, 0.29) is 23.0 Å². The number of Topliss-reactive ketones (excluding diaryl/α,β-unsaturated/α-hetero) is 1. The van der Waals surface area contributed by atoms with Crippen molar-refractivity contribution < 1.29 is 14.3 Å². The Kier molecular flexibility index (Phi) is 5.92. The number of ether oxygens (including phenoxy) is 1. The van der Waals surface area contributed by atoms with Crippen molar-refractivity contribution in [2.75, 3.05) is 6.61 Å². The quantitative estimate of drug-likeness (QED) is 0.501. The zero-order chi connectivity index (χ0) is 21.1. The van der Waals surface area contributed by atoms with Gasteiger partial charge in [-0.15, -0.1) is 0 Å². The summed E-state index contributed by atoms with van der Waals surface area (Å²) in [6, 6.07) is 12.4. The summed E-state index contributed by atoms with van der Waals surface area (Å²) in [4.78, 5) is 37.1. The molecule has 0 unspecified atom stereocenters. The van der Waals surface area contributed by atoms with Crippen molar-refractivity contribution in [3.05, 3.63) is 75.2 Å². The fraction of sp³-hybridized carbons (Fsp3) is 0.304. The van der Waals surface area contributed by atoms with Gasteiger partial charge in [0.25, 0.3) is 5.56 Å². The molecule has 3 rings (SSSR count). The first-order chi connectivity index (χ1) is 13.8. The predicted octanol–water partition coefficient (Wildman–Crippen LogP) is 4.21. The Morgan fingerprint density at radius 2 is 1.69 bits per heavy atom. The van der Waals surface area contributed by atoms with Crippen LogP contribution in [0.1, 0.15) is 71.5 Å². The van der Waals surface area contributed by atoms with Crippen molar-refractivity contribution in [1.82, 2.24) is 10.2 Å². The molecule has 150 valence electrons. The first kappa shape index (κ1) is 20.5. The van der Waals surface area contributed by atoms with Gasteiger partial charge in [0.15, 0.2) is 12.3 Å². The summed E-state index contributed by atoms with van der Waals surface area (Å²) in [6.07, 6.45) is 0. The molecule has 0 fully saturated rings. The third-order valence-corrected chi connectivity index (χ3v) is 4.89. The molecule has 6 nitrogen and oxygen atoms in total. The molecule has 0 atom stereocenters. The van der Waals surface area contributed by atoms with Gasteiger partial charge in [0, 0.05) is 10.9 Å². The van der Waals surface area contributed by atoms with E-state index in [2.05, 4.69) is 24.0 Å². The number of ketones is 1. The lowest BCUT2D eigenvalue weighted by Gasteiger charge is -2.15. The van der Waals surface area contributed by atoms with E-state index in [0.29, 0.717) is 22.3 Å². The van der Waals surface area contributed by atoms with Crippen molar-refractivity contribution >= 4 is 22.5 Å². The van der Waals surface area contributed by atoms with Gasteiger partial charge in [-0.05, 0) is 29.0 Å². The number of aromatic nitrogens is 2. The lowest BCUT2D eigenvalue weighted by Crippen LogP contribution is -2.19. The van der Waals surface area contributed by atoms with Gasteiger partial charge in [-0.3, -0.25) is 9.59 Å². The molecule has 1 N–H and O–H groups in total. The standard InChI is InChI=1S/C23H24N2O4/c1-13(2)15-9-10-16(19(11-15)14(3)4)20(26)12-29-23(28)21-17-7-5-6-8-18(17)22(27)25-24-21/h5-11,13-14H,12H2,1-4H3,(H,25,27). The molecule has 0 aliphatic heterocycles. The molecular formula is C23H24N2O4. The van der Waals surface area contributed by atoms with Crippen molar-refractivity contribution in [3.63, 3.8) is 0 Å². The fourth-order valence-corrected chi connectivity index (χ4v) is 3.22. The van der Waals surface area contributed by atoms with E-state index < -0.39 is 12.6 Å². The van der Waals surface area contributed by atoms with Crippen molar-refractivity contribution in [2.24, 2.45) is 0 Å². The molecule has 0 spiro atoms. The Morgan fingerprint density at radius 1 is 1.00 bits per heavy atom. The summed E-state index contributed by atoms with van der Waals surface area (Å²) >= 11 is 0. The second-order valence-corrected chi connectivity index (χ2v) is 7.60. The zero-order valence-corrected chi connectivity index (χ0v) is 17.0. The highest BCUT2D eigenvalue weighted by atomic mass is 16.5. The molecule has 0 bridgehead atoms. The first-order valence-corrected chi connectivity index (χ1v) is 9.61. The smallest absolute Gasteiger partial charge is 0.359 e. The third kappa shape index (κ3) is 4.26. The van der Waals surface area contributed by atoms with E-state index in [0.717, 1.165) is 11.1 Å². The van der Waals surface area contributed by atoms with Gasteiger partial charge in [-0.1, -0.05) is 64.1 Å². The number of rotatable bonds is 6. The lowest BCUT2D eigenvalue weighted by atomic mass is 9.90. The number of hydrogen-bond donors (Lipinski definition) is 1. The Balaban J connectivity index is 1.82. The second-order valence-electron chi connectivity index (χ2n) is 7.60. The minimum Gasteiger partial charge on any atom is -0.452 e. The average molecular weight is 392 g/mol. The van der Waals surface area contributed by atoms with E-state index in [9.17, 15) is 14.4 Å². The highest BCUT2D eigenvalue weighted by Crippen LogP contribution is 2.25. The number of aromatic amines is 1. The summed E-state index contributed by atoms with van der Waals surface area (Å²) in [6.45, 7) is 7.86. The van der Waals surface area contributed by atoms with Crippen LogP contribution in [-0.2, 0) is 4.74 Å². The minimum atomic E-state index is -0.754. The second kappa shape index (κ2) is 8.39. The SMILES string of the molecule is CC(C)c1ccc(C(=O)COC(=O)c2n[nH]c(=O)c3ccccc23)c(C(C)C)c1. The van der Waals surface area contributed by atoms with Crippen LogP contribution in [0.4, 0.5) is 0 Å². The zero-order valence-electron chi connectivity index (χ0n) is 17.0. The molecule has 0 saturated heterocycles. The Labute approximate surface area is 168 Å². The number of H-pyrrole nitrogens is 1. The van der Waals surface area contributed by atoms with E-state index in [1.807, 2.05) is 26.0 Å². The van der Waals surface area contributed by atoms with Crippen molar-refractivity contribution in [3.8, 4) is 0 Å². The van der Waals surface area contributed by atoms with Gasteiger partial charge in [0.1, 0.15) is 0 Å². The number of fused-ring (bicyclic) bond motifs is 1. The monoisotopic (exact) mass is 392 g/mol. The number of hydrogen-bond acceptors (Lipinski definition) is 5. The van der Waals surface area contributed by atoms with Crippen LogP contribution in [0.3, 0.4) is 0 Å². The summed E-state index contributed by atoms with van der Waals surface area (Å²) in [5.74, 6) is -0.510. The minimum absolute atomic E-state index is 0.0211. The van der Waals surface area contributed by atoms with Gasteiger partial charge in [-0.2, -0.15) is 5.10 Å². The average Bonchev–Trinajstić information content (AvgIpc) is 2.71. The van der Waals surface area contributed by atoms with Crippen LogP contribution >= 0.6 is 0 Å². The fourth-order valence-electron chi connectivity index (χ4n) is 3.22. The van der Waals surface area contributed by atoms with Gasteiger partial charge in [0.2, 0.25) is 5.78 Å². The van der Waals surface area contributed by atoms with E-state index in [4.69, 9.17) is 4.74 Å². The normalized spacial score (nSPS) is 11.2. The van der Waals surface area contributed by atoms with Crippen LogP contribution < -0.4 is 5.56 Å². The first-order valence-electron chi connectivity index (χ1n) is 9.61.